The molecule has 0 aliphatic rings. The summed E-state index contributed by atoms with van der Waals surface area (Å²) in [4.78, 5) is 0. The number of rotatable bonds is 4. The Morgan fingerprint density at radius 3 is 2.44 bits per heavy atom. The summed E-state index contributed by atoms with van der Waals surface area (Å²) in [5.74, 6) is -0.143. The van der Waals surface area contributed by atoms with Crippen molar-refractivity contribution in [2.45, 2.75) is 45.4 Å². The molecular weight excluding hydrogens is 201 g/mol. The van der Waals surface area contributed by atoms with Crippen LogP contribution in [0, 0.1) is 5.82 Å². The monoisotopic (exact) mass is 223 g/mol. The van der Waals surface area contributed by atoms with E-state index in [0.29, 0.717) is 6.54 Å². The van der Waals surface area contributed by atoms with Gasteiger partial charge in [0.15, 0.2) is 0 Å². The lowest BCUT2D eigenvalue weighted by molar-refractivity contribution is 0.570. The highest BCUT2D eigenvalue weighted by molar-refractivity contribution is 5.33. The maximum absolute atomic E-state index is 13.2. The largest absolute Gasteiger partial charge is 0.330 e. The van der Waals surface area contributed by atoms with Crippen LogP contribution >= 0.6 is 0 Å². The smallest absolute Gasteiger partial charge is 0.123 e. The molecule has 0 heterocycles. The second-order valence-corrected chi connectivity index (χ2v) is 5.30. The second kappa shape index (κ2) is 5.44. The number of halogens is 1. The van der Waals surface area contributed by atoms with Gasteiger partial charge in [-0.25, -0.2) is 4.39 Å². The highest BCUT2D eigenvalue weighted by atomic mass is 19.1. The van der Waals surface area contributed by atoms with Gasteiger partial charge < -0.3 is 5.73 Å². The molecule has 16 heavy (non-hydrogen) atoms. The number of unbranched alkanes of at least 4 members (excludes halogenated alkanes) is 1. The van der Waals surface area contributed by atoms with Crippen LogP contribution in [0.25, 0.3) is 0 Å². The molecule has 0 aromatic heterocycles. The van der Waals surface area contributed by atoms with Crippen LogP contribution in [0.2, 0.25) is 0 Å². The summed E-state index contributed by atoms with van der Waals surface area (Å²) in [5, 5.41) is 0. The van der Waals surface area contributed by atoms with E-state index in [4.69, 9.17) is 5.73 Å². The average molecular weight is 223 g/mol. The van der Waals surface area contributed by atoms with Crippen molar-refractivity contribution < 1.29 is 4.39 Å². The molecular formula is C14H22FN. The Morgan fingerprint density at radius 2 is 1.88 bits per heavy atom. The van der Waals surface area contributed by atoms with Crippen LogP contribution in [-0.4, -0.2) is 6.54 Å². The van der Waals surface area contributed by atoms with Crippen molar-refractivity contribution in [3.05, 3.63) is 35.1 Å². The van der Waals surface area contributed by atoms with Crippen LogP contribution in [0.5, 0.6) is 0 Å². The zero-order valence-corrected chi connectivity index (χ0v) is 10.5. The quantitative estimate of drug-likeness (QED) is 0.778. The number of hydrogen-bond acceptors (Lipinski definition) is 1. The van der Waals surface area contributed by atoms with Gasteiger partial charge in [-0.05, 0) is 54.5 Å². The van der Waals surface area contributed by atoms with E-state index in [9.17, 15) is 4.39 Å². The minimum absolute atomic E-state index is 0.0751. The normalized spacial score (nSPS) is 11.8. The zero-order chi connectivity index (χ0) is 12.2. The fourth-order valence-electron chi connectivity index (χ4n) is 1.96. The highest BCUT2D eigenvalue weighted by Gasteiger charge is 2.17. The van der Waals surface area contributed by atoms with E-state index in [0.717, 1.165) is 24.8 Å². The van der Waals surface area contributed by atoms with Crippen LogP contribution in [0.3, 0.4) is 0 Å². The van der Waals surface area contributed by atoms with Gasteiger partial charge in [-0.2, -0.15) is 0 Å². The molecule has 0 amide bonds. The van der Waals surface area contributed by atoms with E-state index in [1.807, 2.05) is 6.07 Å². The topological polar surface area (TPSA) is 26.0 Å². The van der Waals surface area contributed by atoms with Gasteiger partial charge in [0, 0.05) is 0 Å². The van der Waals surface area contributed by atoms with Crippen molar-refractivity contribution >= 4 is 0 Å². The maximum Gasteiger partial charge on any atom is 0.123 e. The first-order valence-electron chi connectivity index (χ1n) is 5.94. The van der Waals surface area contributed by atoms with Gasteiger partial charge in [-0.1, -0.05) is 26.8 Å². The minimum Gasteiger partial charge on any atom is -0.330 e. The van der Waals surface area contributed by atoms with E-state index in [1.54, 1.807) is 12.1 Å². The molecule has 0 bridgehead atoms. The fourth-order valence-corrected chi connectivity index (χ4v) is 1.96. The standard InChI is InChI=1S/C14H22FN/c1-14(2,3)13-8-7-12(15)10-11(13)6-4-5-9-16/h7-8,10H,4-6,9,16H2,1-3H3. The lowest BCUT2D eigenvalue weighted by Gasteiger charge is -2.23. The third-order valence-electron chi connectivity index (χ3n) is 2.78. The Morgan fingerprint density at radius 1 is 1.19 bits per heavy atom. The first-order chi connectivity index (χ1) is 7.45. The first-order valence-corrected chi connectivity index (χ1v) is 5.94. The van der Waals surface area contributed by atoms with E-state index >= 15 is 0 Å². The molecule has 1 aromatic rings. The second-order valence-electron chi connectivity index (χ2n) is 5.30. The predicted octanol–water partition coefficient (Wildman–Crippen LogP) is 3.40. The summed E-state index contributed by atoms with van der Waals surface area (Å²) in [6.07, 6.45) is 2.95. The van der Waals surface area contributed by atoms with Gasteiger partial charge in [0.2, 0.25) is 0 Å². The van der Waals surface area contributed by atoms with Crippen molar-refractivity contribution in [2.24, 2.45) is 5.73 Å². The van der Waals surface area contributed by atoms with E-state index < -0.39 is 0 Å². The molecule has 0 radical (unpaired) electrons. The van der Waals surface area contributed by atoms with E-state index in [2.05, 4.69) is 20.8 Å². The summed E-state index contributed by atoms with van der Waals surface area (Å²) in [6, 6.07) is 5.12. The van der Waals surface area contributed by atoms with Crippen molar-refractivity contribution in [3.8, 4) is 0 Å². The van der Waals surface area contributed by atoms with E-state index in [1.165, 1.54) is 5.56 Å². The molecule has 0 saturated carbocycles. The average Bonchev–Trinajstić information content (AvgIpc) is 2.16. The zero-order valence-electron chi connectivity index (χ0n) is 10.5. The lowest BCUT2D eigenvalue weighted by atomic mass is 9.82. The third-order valence-corrected chi connectivity index (χ3v) is 2.78. The SMILES string of the molecule is CC(C)(C)c1ccc(F)cc1CCCCN. The lowest BCUT2D eigenvalue weighted by Crippen LogP contribution is -2.14. The Kier molecular flexibility index (Phi) is 4.48. The maximum atomic E-state index is 13.2. The highest BCUT2D eigenvalue weighted by Crippen LogP contribution is 2.27. The van der Waals surface area contributed by atoms with Crippen molar-refractivity contribution in [1.82, 2.24) is 0 Å². The molecule has 0 aliphatic carbocycles. The molecule has 0 atom stereocenters. The Bertz CT molecular complexity index is 339. The molecule has 90 valence electrons. The van der Waals surface area contributed by atoms with Gasteiger partial charge in [0.05, 0.1) is 0 Å². The third kappa shape index (κ3) is 3.60. The van der Waals surface area contributed by atoms with Crippen LogP contribution in [0.15, 0.2) is 18.2 Å². The predicted molar refractivity (Wildman–Crippen MR) is 67.1 cm³/mol. The van der Waals surface area contributed by atoms with Gasteiger partial charge >= 0.3 is 0 Å². The Balaban J connectivity index is 2.90. The molecule has 0 fully saturated rings. The van der Waals surface area contributed by atoms with Crippen molar-refractivity contribution in [1.29, 1.82) is 0 Å². The van der Waals surface area contributed by atoms with E-state index in [-0.39, 0.29) is 11.2 Å². The summed E-state index contributed by atoms with van der Waals surface area (Å²) in [5.41, 5.74) is 7.91. The number of benzene rings is 1. The van der Waals surface area contributed by atoms with Gasteiger partial charge in [0.1, 0.15) is 5.82 Å². The number of hydrogen-bond donors (Lipinski definition) is 1. The molecule has 0 unspecified atom stereocenters. The van der Waals surface area contributed by atoms with Crippen LogP contribution in [-0.2, 0) is 11.8 Å². The number of nitrogens with two attached hydrogens (primary N) is 1. The summed E-state index contributed by atoms with van der Waals surface area (Å²) in [6.45, 7) is 7.19. The van der Waals surface area contributed by atoms with Crippen LogP contribution in [0.1, 0.15) is 44.7 Å². The van der Waals surface area contributed by atoms with Gasteiger partial charge in [0.25, 0.3) is 0 Å². The van der Waals surface area contributed by atoms with Crippen molar-refractivity contribution in [3.63, 3.8) is 0 Å². The summed E-state index contributed by atoms with van der Waals surface area (Å²) >= 11 is 0. The first kappa shape index (κ1) is 13.2. The molecule has 2 heteroatoms. The molecule has 0 spiro atoms. The van der Waals surface area contributed by atoms with Crippen LogP contribution in [0.4, 0.5) is 4.39 Å². The van der Waals surface area contributed by atoms with Gasteiger partial charge in [-0.15, -0.1) is 0 Å². The molecule has 1 aromatic carbocycles. The van der Waals surface area contributed by atoms with Crippen LogP contribution < -0.4 is 5.73 Å². The minimum atomic E-state index is -0.143. The molecule has 0 aliphatic heterocycles. The summed E-state index contributed by atoms with van der Waals surface area (Å²) < 4.78 is 13.2. The molecule has 0 saturated heterocycles. The Hall–Kier alpha value is -0.890. The van der Waals surface area contributed by atoms with Gasteiger partial charge in [-0.3, -0.25) is 0 Å². The molecule has 1 nitrogen and oxygen atoms in total. The molecule has 1 rings (SSSR count). The summed E-state index contributed by atoms with van der Waals surface area (Å²) in [7, 11) is 0. The number of aryl methyl sites for hydroxylation is 1. The Labute approximate surface area is 97.9 Å². The molecule has 2 N–H and O–H groups in total. The van der Waals surface area contributed by atoms with Crippen molar-refractivity contribution in [2.75, 3.05) is 6.54 Å². The fraction of sp³-hybridized carbons (Fsp3) is 0.571.